The number of nitrogens with zero attached hydrogens (tertiary/aromatic N) is 2. The molecule has 1 amide bonds. The van der Waals surface area contributed by atoms with E-state index < -0.39 is 10.0 Å². The summed E-state index contributed by atoms with van der Waals surface area (Å²) in [6.45, 7) is 7.86. The number of carbonyl (C=O) groups excluding carboxylic acids is 1. The zero-order valence-corrected chi connectivity index (χ0v) is 18.4. The van der Waals surface area contributed by atoms with Crippen LogP contribution in [0.25, 0.3) is 0 Å². The Morgan fingerprint density at radius 1 is 1.03 bits per heavy atom. The summed E-state index contributed by atoms with van der Waals surface area (Å²) in [4.78, 5) is 11.4. The first-order valence-corrected chi connectivity index (χ1v) is 11.1. The molecule has 3 aromatic rings. The van der Waals surface area contributed by atoms with Crippen molar-refractivity contribution < 1.29 is 13.2 Å². The number of aryl methyl sites for hydroxylation is 3. The molecule has 0 aliphatic heterocycles. The zero-order chi connectivity index (χ0) is 21.9. The molecule has 0 radical (unpaired) electrons. The Bertz CT molecular complexity index is 1180. The molecule has 2 aromatic carbocycles. The van der Waals surface area contributed by atoms with Gasteiger partial charge in [-0.2, -0.15) is 5.10 Å². The van der Waals surface area contributed by atoms with Crippen LogP contribution in [0.2, 0.25) is 0 Å². The molecule has 0 saturated heterocycles. The number of amides is 1. The molecule has 3 rings (SSSR count). The van der Waals surface area contributed by atoms with Crippen LogP contribution < -0.4 is 10.0 Å². The van der Waals surface area contributed by atoms with Gasteiger partial charge in [0.2, 0.25) is 15.9 Å². The molecule has 0 saturated carbocycles. The second kappa shape index (κ2) is 8.81. The minimum Gasteiger partial charge on any atom is -0.326 e. The van der Waals surface area contributed by atoms with Gasteiger partial charge in [-0.1, -0.05) is 30.3 Å². The maximum absolute atomic E-state index is 12.8. The topological polar surface area (TPSA) is 93.1 Å². The van der Waals surface area contributed by atoms with E-state index in [1.807, 2.05) is 48.9 Å². The lowest BCUT2D eigenvalue weighted by molar-refractivity contribution is -0.114. The van der Waals surface area contributed by atoms with Crippen LogP contribution in [-0.4, -0.2) is 24.1 Å². The Labute approximate surface area is 177 Å². The highest BCUT2D eigenvalue weighted by molar-refractivity contribution is 7.89. The van der Waals surface area contributed by atoms with Crippen molar-refractivity contribution in [1.29, 1.82) is 0 Å². The van der Waals surface area contributed by atoms with E-state index in [-0.39, 0.29) is 17.3 Å². The summed E-state index contributed by atoms with van der Waals surface area (Å²) in [5, 5.41) is 7.09. The average molecular weight is 427 g/mol. The average Bonchev–Trinajstić information content (AvgIpc) is 2.98. The van der Waals surface area contributed by atoms with Crippen LogP contribution in [0.3, 0.4) is 0 Å². The summed E-state index contributed by atoms with van der Waals surface area (Å²) < 4.78 is 30.3. The Balaban J connectivity index is 1.75. The second-order valence-electron chi connectivity index (χ2n) is 7.39. The fourth-order valence-corrected chi connectivity index (χ4v) is 4.56. The summed E-state index contributed by atoms with van der Waals surface area (Å²) in [7, 11) is -3.74. The van der Waals surface area contributed by atoms with Gasteiger partial charge in [-0.25, -0.2) is 13.1 Å². The van der Waals surface area contributed by atoms with Crippen molar-refractivity contribution in [2.75, 3.05) is 5.32 Å². The summed E-state index contributed by atoms with van der Waals surface area (Å²) in [6.07, 6.45) is 0. The number of sulfonamides is 1. The molecule has 158 valence electrons. The highest BCUT2D eigenvalue weighted by Crippen LogP contribution is 2.20. The van der Waals surface area contributed by atoms with Crippen LogP contribution in [-0.2, 0) is 27.9 Å². The van der Waals surface area contributed by atoms with E-state index in [9.17, 15) is 13.2 Å². The van der Waals surface area contributed by atoms with E-state index in [1.165, 1.54) is 13.0 Å². The van der Waals surface area contributed by atoms with Gasteiger partial charge in [-0.05, 0) is 55.7 Å². The lowest BCUT2D eigenvalue weighted by atomic mass is 10.1. The smallest absolute Gasteiger partial charge is 0.241 e. The third kappa shape index (κ3) is 5.34. The van der Waals surface area contributed by atoms with Crippen molar-refractivity contribution in [3.8, 4) is 0 Å². The Morgan fingerprint density at radius 3 is 2.43 bits per heavy atom. The first-order chi connectivity index (χ1) is 14.1. The zero-order valence-electron chi connectivity index (χ0n) is 17.6. The van der Waals surface area contributed by atoms with Crippen LogP contribution in [0.1, 0.15) is 35.0 Å². The van der Waals surface area contributed by atoms with Crippen LogP contribution in [0.4, 0.5) is 5.69 Å². The molecule has 0 aliphatic rings. The summed E-state index contributed by atoms with van der Waals surface area (Å²) in [5.74, 6) is -0.255. The number of aromatic nitrogens is 2. The Morgan fingerprint density at radius 2 is 1.77 bits per heavy atom. The van der Waals surface area contributed by atoms with Gasteiger partial charge in [0.25, 0.3) is 0 Å². The molecule has 0 bridgehead atoms. The van der Waals surface area contributed by atoms with Crippen molar-refractivity contribution >= 4 is 21.6 Å². The van der Waals surface area contributed by atoms with E-state index in [4.69, 9.17) is 0 Å². The van der Waals surface area contributed by atoms with Gasteiger partial charge < -0.3 is 5.32 Å². The minimum absolute atomic E-state index is 0.146. The second-order valence-corrected chi connectivity index (χ2v) is 9.13. The molecule has 0 fully saturated rings. The molecule has 1 heterocycles. The molecule has 2 N–H and O–H groups in total. The van der Waals surface area contributed by atoms with E-state index in [0.29, 0.717) is 17.8 Å². The maximum atomic E-state index is 12.8. The largest absolute Gasteiger partial charge is 0.326 e. The lowest BCUT2D eigenvalue weighted by Gasteiger charge is -2.12. The fourth-order valence-electron chi connectivity index (χ4n) is 3.27. The number of benzene rings is 2. The van der Waals surface area contributed by atoms with Gasteiger partial charge in [-0.15, -0.1) is 0 Å². The summed E-state index contributed by atoms with van der Waals surface area (Å²) in [5.41, 5.74) is 4.99. The number of carbonyl (C=O) groups is 1. The Kier molecular flexibility index (Phi) is 6.38. The standard InChI is InChI=1S/C22H26N4O3S/c1-15-8-9-21(24-18(4)27)12-22(15)30(28,29)23-13-19-6-5-7-20(11-19)14-26-17(3)10-16(2)25-26/h5-12,23H,13-14H2,1-4H3,(H,24,27). The van der Waals surface area contributed by atoms with Crippen molar-refractivity contribution in [2.24, 2.45) is 0 Å². The highest BCUT2D eigenvalue weighted by Gasteiger charge is 2.17. The van der Waals surface area contributed by atoms with Crippen LogP contribution in [0, 0.1) is 20.8 Å². The maximum Gasteiger partial charge on any atom is 0.241 e. The number of hydrogen-bond acceptors (Lipinski definition) is 4. The Hall–Kier alpha value is -2.97. The summed E-state index contributed by atoms with van der Waals surface area (Å²) in [6, 6.07) is 14.6. The quantitative estimate of drug-likeness (QED) is 0.606. The first kappa shape index (κ1) is 21.7. The first-order valence-electron chi connectivity index (χ1n) is 9.61. The van der Waals surface area contributed by atoms with Gasteiger partial charge in [0.05, 0.1) is 17.1 Å². The van der Waals surface area contributed by atoms with E-state index in [2.05, 4.69) is 15.1 Å². The van der Waals surface area contributed by atoms with Gasteiger partial charge in [-0.3, -0.25) is 9.48 Å². The highest BCUT2D eigenvalue weighted by atomic mass is 32.2. The summed E-state index contributed by atoms with van der Waals surface area (Å²) >= 11 is 0. The molecular weight excluding hydrogens is 400 g/mol. The molecule has 8 heteroatoms. The minimum atomic E-state index is -3.74. The number of anilines is 1. The van der Waals surface area contributed by atoms with Crippen molar-refractivity contribution in [1.82, 2.24) is 14.5 Å². The lowest BCUT2D eigenvalue weighted by Crippen LogP contribution is -2.24. The van der Waals surface area contributed by atoms with Gasteiger partial charge in [0.15, 0.2) is 0 Å². The third-order valence-electron chi connectivity index (χ3n) is 4.69. The fraction of sp³-hybridized carbons (Fsp3) is 0.273. The van der Waals surface area contributed by atoms with Gasteiger partial charge >= 0.3 is 0 Å². The molecule has 0 unspecified atom stereocenters. The van der Waals surface area contributed by atoms with E-state index >= 15 is 0 Å². The number of nitrogens with one attached hydrogen (secondary N) is 2. The van der Waals surface area contributed by atoms with Crippen LogP contribution in [0.5, 0.6) is 0 Å². The van der Waals surface area contributed by atoms with Crippen molar-refractivity contribution in [3.63, 3.8) is 0 Å². The molecular formula is C22H26N4O3S. The SMILES string of the molecule is CC(=O)Nc1ccc(C)c(S(=O)(=O)NCc2cccc(Cn3nc(C)cc3C)c2)c1. The predicted octanol–water partition coefficient (Wildman–Crippen LogP) is 3.29. The predicted molar refractivity (Wildman–Crippen MR) is 117 cm³/mol. The molecule has 1 aromatic heterocycles. The molecule has 0 spiro atoms. The molecule has 30 heavy (non-hydrogen) atoms. The van der Waals surface area contributed by atoms with Gasteiger partial charge in [0, 0.05) is 24.8 Å². The molecule has 0 atom stereocenters. The third-order valence-corrected chi connectivity index (χ3v) is 6.23. The molecule has 0 aliphatic carbocycles. The van der Waals surface area contributed by atoms with E-state index in [1.54, 1.807) is 19.1 Å². The number of rotatable bonds is 7. The van der Waals surface area contributed by atoms with Gasteiger partial charge in [0.1, 0.15) is 0 Å². The van der Waals surface area contributed by atoms with Crippen LogP contribution in [0.15, 0.2) is 53.4 Å². The van der Waals surface area contributed by atoms with Crippen molar-refractivity contribution in [2.45, 2.75) is 45.7 Å². The normalized spacial score (nSPS) is 11.5. The van der Waals surface area contributed by atoms with E-state index in [0.717, 1.165) is 22.5 Å². The monoisotopic (exact) mass is 426 g/mol. The van der Waals surface area contributed by atoms with Crippen LogP contribution >= 0.6 is 0 Å². The molecule has 7 nitrogen and oxygen atoms in total. The van der Waals surface area contributed by atoms with Crippen molar-refractivity contribution in [3.05, 3.63) is 76.6 Å². The number of hydrogen-bond donors (Lipinski definition) is 2.